The third-order valence-corrected chi connectivity index (χ3v) is 12.5. The van der Waals surface area contributed by atoms with E-state index in [2.05, 4.69) is 33.2 Å². The Hall–Kier alpha value is -8.23. The minimum absolute atomic E-state index is 0.0166. The number of aryl methyl sites for hydroxylation is 3. The fourth-order valence-electron chi connectivity index (χ4n) is 9.68. The molecule has 6 aromatic rings. The van der Waals surface area contributed by atoms with Crippen LogP contribution in [0.15, 0.2) is 85.2 Å². The lowest BCUT2D eigenvalue weighted by atomic mass is 9.91. The monoisotopic (exact) mass is 938 g/mol. The summed E-state index contributed by atoms with van der Waals surface area (Å²) in [6, 6.07) is 26.7. The number of benzene rings is 3. The van der Waals surface area contributed by atoms with Crippen LogP contribution in [0, 0.1) is 22.7 Å². The number of amides is 1. The predicted molar refractivity (Wildman–Crippen MR) is 262 cm³/mol. The highest BCUT2D eigenvalue weighted by Gasteiger charge is 2.25. The number of nitrogens with two attached hydrogens (primary N) is 1. The maximum Gasteiger partial charge on any atom is 0.310 e. The Morgan fingerprint density at radius 1 is 0.614 bits per heavy atom. The third-order valence-electron chi connectivity index (χ3n) is 12.5. The number of fused-ring (bicyclic) bond motifs is 3. The lowest BCUT2D eigenvalue weighted by Gasteiger charge is -2.21. The van der Waals surface area contributed by atoms with Gasteiger partial charge in [-0.15, -0.1) is 0 Å². The van der Waals surface area contributed by atoms with E-state index in [1.165, 1.54) is 41.1 Å². The van der Waals surface area contributed by atoms with Crippen molar-refractivity contribution in [1.29, 1.82) is 10.5 Å². The number of esters is 1. The van der Waals surface area contributed by atoms with Gasteiger partial charge in [-0.3, -0.25) is 24.2 Å². The molecule has 0 radical (unpaired) electrons. The van der Waals surface area contributed by atoms with Gasteiger partial charge in [0.05, 0.1) is 26.4 Å². The van der Waals surface area contributed by atoms with E-state index in [9.17, 15) is 34.7 Å². The lowest BCUT2D eigenvalue weighted by molar-refractivity contribution is -0.154. The second-order valence-electron chi connectivity index (χ2n) is 18.4. The average Bonchev–Trinajstić information content (AvgIpc) is 4.14. The summed E-state index contributed by atoms with van der Waals surface area (Å²) >= 11 is 0. The topological polar surface area (TPSA) is 239 Å². The van der Waals surface area contributed by atoms with Gasteiger partial charge in [-0.25, -0.2) is 9.97 Å². The molecule has 0 fully saturated rings. The van der Waals surface area contributed by atoms with Crippen molar-refractivity contribution < 1.29 is 38.9 Å². The molecule has 4 N–H and O–H groups in total. The molecule has 1 amide bonds. The highest BCUT2D eigenvalue weighted by Crippen LogP contribution is 2.37. The van der Waals surface area contributed by atoms with Crippen LogP contribution in [0.5, 0.6) is 5.88 Å². The van der Waals surface area contributed by atoms with Gasteiger partial charge in [-0.2, -0.15) is 10.5 Å². The van der Waals surface area contributed by atoms with Crippen LogP contribution in [0.3, 0.4) is 0 Å². The van der Waals surface area contributed by atoms with E-state index in [-0.39, 0.29) is 36.6 Å². The van der Waals surface area contributed by atoms with Gasteiger partial charge in [0.25, 0.3) is 5.91 Å². The third kappa shape index (κ3) is 11.9. The largest absolute Gasteiger partial charge is 0.481 e. The molecular formula is C56H54N6O8. The number of pyridine rings is 3. The number of hydrogen-bond acceptors (Lipinski definition) is 11. The number of methoxy groups -OCH3 is 1. The van der Waals surface area contributed by atoms with Crippen molar-refractivity contribution in [3.05, 3.63) is 152 Å². The number of aliphatic carboxylic acids is 2. The molecule has 3 aromatic carbocycles. The molecule has 0 aliphatic heterocycles. The Morgan fingerprint density at radius 2 is 1.07 bits per heavy atom. The number of carboxylic acids is 2. The fourth-order valence-corrected chi connectivity index (χ4v) is 9.68. The Kier molecular flexibility index (Phi) is 15.5. The summed E-state index contributed by atoms with van der Waals surface area (Å²) < 4.78 is 10.8. The second kappa shape index (κ2) is 21.8. The molecule has 14 heteroatoms. The molecule has 14 nitrogen and oxygen atoms in total. The van der Waals surface area contributed by atoms with E-state index in [0.717, 1.165) is 113 Å². The van der Waals surface area contributed by atoms with E-state index >= 15 is 0 Å². The summed E-state index contributed by atoms with van der Waals surface area (Å²) in [7, 11) is 1.53. The van der Waals surface area contributed by atoms with Crippen LogP contribution in [-0.2, 0) is 76.9 Å². The Bertz CT molecular complexity index is 3110. The zero-order valence-corrected chi connectivity index (χ0v) is 39.7. The van der Waals surface area contributed by atoms with Crippen LogP contribution in [-0.4, -0.2) is 61.7 Å². The van der Waals surface area contributed by atoms with E-state index in [1.54, 1.807) is 36.5 Å². The van der Waals surface area contributed by atoms with E-state index in [0.29, 0.717) is 11.6 Å². The summed E-state index contributed by atoms with van der Waals surface area (Å²) in [6.45, 7) is 5.61. The molecular weight excluding hydrogens is 885 g/mol. The highest BCUT2D eigenvalue weighted by atomic mass is 16.6. The standard InChI is InChI=1S/C22H24N2O3.C17H16N2O3.C17H14N2O2/c1-22(2,3)27-21(25)12-19-17-7-5-6-14(17)8-9-18(19)15-10-16(13-23)24-20(11-15)26-4;18-17(22)15-8-11(6-7-19-15)13-5-4-10-2-1-3-12(10)14(13)9-16(20)21;18-10-13-8-12(6-7-19-13)15-5-4-11-2-1-3-14(11)16(15)9-17(20)21/h8-11H,5-7,12H2,1-4H3;4-8H,1-3,9H2,(H2,18,22)(H,20,21);4-8H,1-3,9H2,(H,20,21). The van der Waals surface area contributed by atoms with Crippen LogP contribution in [0.2, 0.25) is 0 Å². The SMILES string of the molecule is COc1cc(-c2ccc3c(c2CC(=O)OC(C)(C)C)CCC3)cc(C#N)n1.N#Cc1cc(-c2ccc3c(c2CC(=O)O)CCC3)ccn1.NC(=O)c1cc(-c2ccc3c(c2CC(=O)O)CCC3)ccn1. The molecule has 70 heavy (non-hydrogen) atoms. The molecule has 3 aliphatic rings. The van der Waals surface area contributed by atoms with Crippen LogP contribution in [0.4, 0.5) is 0 Å². The van der Waals surface area contributed by atoms with Crippen molar-refractivity contribution in [1.82, 2.24) is 15.0 Å². The van der Waals surface area contributed by atoms with Gasteiger partial charge in [0.1, 0.15) is 34.8 Å². The number of nitriles is 2. The number of carboxylic acid groups (broad SMARTS) is 2. The van der Waals surface area contributed by atoms with Gasteiger partial charge in [0.15, 0.2) is 0 Å². The zero-order valence-electron chi connectivity index (χ0n) is 39.7. The summed E-state index contributed by atoms with van der Waals surface area (Å²) in [5.41, 5.74) is 20.7. The molecule has 9 rings (SSSR count). The highest BCUT2D eigenvalue weighted by molar-refractivity contribution is 5.92. The van der Waals surface area contributed by atoms with Crippen molar-refractivity contribution >= 4 is 23.8 Å². The molecule has 0 saturated heterocycles. The van der Waals surface area contributed by atoms with Crippen molar-refractivity contribution in [2.75, 3.05) is 7.11 Å². The Morgan fingerprint density at radius 3 is 1.53 bits per heavy atom. The first-order valence-corrected chi connectivity index (χ1v) is 23.2. The smallest absolute Gasteiger partial charge is 0.310 e. The van der Waals surface area contributed by atoms with Gasteiger partial charge in [0.2, 0.25) is 5.88 Å². The molecule has 0 atom stereocenters. The molecule has 3 aliphatic carbocycles. The van der Waals surface area contributed by atoms with E-state index < -0.39 is 23.4 Å². The normalized spacial score (nSPS) is 12.9. The zero-order chi connectivity index (χ0) is 50.1. The quantitative estimate of drug-likeness (QED) is 0.103. The number of nitrogens with zero attached hydrogens (tertiary/aromatic N) is 5. The predicted octanol–water partition coefficient (Wildman–Crippen LogP) is 8.70. The first-order chi connectivity index (χ1) is 33.5. The first-order valence-electron chi connectivity index (χ1n) is 23.2. The summed E-state index contributed by atoms with van der Waals surface area (Å²) in [5, 5.41) is 36.7. The van der Waals surface area contributed by atoms with E-state index in [1.807, 2.05) is 57.2 Å². The minimum Gasteiger partial charge on any atom is -0.481 e. The van der Waals surface area contributed by atoms with Crippen LogP contribution in [0.25, 0.3) is 33.4 Å². The number of carbonyl (C=O) groups excluding carboxylic acids is 2. The molecule has 0 saturated carbocycles. The molecule has 0 bridgehead atoms. The van der Waals surface area contributed by atoms with Crippen LogP contribution < -0.4 is 10.5 Å². The molecule has 0 unspecified atom stereocenters. The number of ether oxygens (including phenoxy) is 2. The maximum atomic E-state index is 12.5. The number of primary amides is 1. The average molecular weight is 939 g/mol. The number of carbonyl (C=O) groups is 4. The Balaban J connectivity index is 0.000000156. The Labute approximate surface area is 406 Å². The molecule has 356 valence electrons. The van der Waals surface area contributed by atoms with Gasteiger partial charge in [0, 0.05) is 18.5 Å². The summed E-state index contributed by atoms with van der Waals surface area (Å²) in [6.07, 6.45) is 12.3. The van der Waals surface area contributed by atoms with Crippen LogP contribution in [0.1, 0.15) is 112 Å². The lowest BCUT2D eigenvalue weighted by Crippen LogP contribution is -2.25. The summed E-state index contributed by atoms with van der Waals surface area (Å²) in [5.74, 6) is -2.14. The molecule has 3 aromatic heterocycles. The van der Waals surface area contributed by atoms with E-state index in [4.69, 9.17) is 20.5 Å². The van der Waals surface area contributed by atoms with Gasteiger partial charge >= 0.3 is 17.9 Å². The molecule has 0 spiro atoms. The van der Waals surface area contributed by atoms with Crippen molar-refractivity contribution in [2.45, 2.75) is 103 Å². The van der Waals surface area contributed by atoms with Gasteiger partial charge < -0.3 is 25.4 Å². The van der Waals surface area contributed by atoms with Crippen molar-refractivity contribution in [3.8, 4) is 51.4 Å². The first kappa shape index (κ1) is 49.7. The van der Waals surface area contributed by atoms with Crippen molar-refractivity contribution in [2.24, 2.45) is 5.73 Å². The minimum atomic E-state index is -0.856. The molecule has 3 heterocycles. The summed E-state index contributed by atoms with van der Waals surface area (Å²) in [4.78, 5) is 58.3. The number of rotatable bonds is 11. The van der Waals surface area contributed by atoms with Crippen LogP contribution >= 0.6 is 0 Å². The fraction of sp³-hybridized carbons (Fsp3) is 0.304. The second-order valence-corrected chi connectivity index (χ2v) is 18.4. The maximum absolute atomic E-state index is 12.5. The number of aromatic nitrogens is 3. The van der Waals surface area contributed by atoms with Crippen molar-refractivity contribution in [3.63, 3.8) is 0 Å². The van der Waals surface area contributed by atoms with Gasteiger partial charge in [-0.05, 0) is 192 Å². The number of hydrogen-bond donors (Lipinski definition) is 3. The van der Waals surface area contributed by atoms with Gasteiger partial charge in [-0.1, -0.05) is 36.4 Å².